The highest BCUT2D eigenvalue weighted by atomic mass is 14.9. The van der Waals surface area contributed by atoms with E-state index in [0.717, 1.165) is 17.8 Å². The van der Waals surface area contributed by atoms with Gasteiger partial charge in [0.1, 0.15) is 0 Å². The second-order valence-corrected chi connectivity index (χ2v) is 7.36. The van der Waals surface area contributed by atoms with Crippen molar-refractivity contribution in [1.82, 2.24) is 5.32 Å². The van der Waals surface area contributed by atoms with Crippen LogP contribution in [-0.4, -0.2) is 13.1 Å². The molecule has 0 aromatic heterocycles. The van der Waals surface area contributed by atoms with E-state index in [4.69, 9.17) is 0 Å². The molecule has 1 N–H and O–H groups in total. The SMILES string of the molecule is CC1CCC(C)C2(CCNCC2Cc2ccccc2)C1. The fourth-order valence-corrected chi connectivity index (χ4v) is 4.87. The molecule has 20 heavy (non-hydrogen) atoms. The molecule has 4 atom stereocenters. The minimum absolute atomic E-state index is 0.596. The Hall–Kier alpha value is -0.820. The molecule has 2 fully saturated rings. The van der Waals surface area contributed by atoms with Crippen LogP contribution in [0.5, 0.6) is 0 Å². The van der Waals surface area contributed by atoms with Crippen LogP contribution in [0.3, 0.4) is 0 Å². The smallest absolute Gasteiger partial charge is 0.00119 e. The van der Waals surface area contributed by atoms with Crippen molar-refractivity contribution >= 4 is 0 Å². The van der Waals surface area contributed by atoms with Gasteiger partial charge in [-0.15, -0.1) is 0 Å². The summed E-state index contributed by atoms with van der Waals surface area (Å²) < 4.78 is 0. The van der Waals surface area contributed by atoms with Crippen LogP contribution in [0.2, 0.25) is 0 Å². The molecule has 1 saturated heterocycles. The summed E-state index contributed by atoms with van der Waals surface area (Å²) in [5, 5.41) is 3.66. The predicted molar refractivity (Wildman–Crippen MR) is 85.7 cm³/mol. The third-order valence-corrected chi connectivity index (χ3v) is 6.10. The molecular weight excluding hydrogens is 242 g/mol. The zero-order chi connectivity index (χ0) is 14.0. The van der Waals surface area contributed by atoms with Crippen molar-refractivity contribution in [3.8, 4) is 0 Å². The van der Waals surface area contributed by atoms with Gasteiger partial charge in [0.2, 0.25) is 0 Å². The lowest BCUT2D eigenvalue weighted by Gasteiger charge is -2.53. The number of rotatable bonds is 2. The molecular formula is C19H29N. The summed E-state index contributed by atoms with van der Waals surface area (Å²) in [4.78, 5) is 0. The summed E-state index contributed by atoms with van der Waals surface area (Å²) in [7, 11) is 0. The summed E-state index contributed by atoms with van der Waals surface area (Å²) in [5.41, 5.74) is 2.12. The second kappa shape index (κ2) is 5.89. The van der Waals surface area contributed by atoms with E-state index in [1.807, 2.05) is 0 Å². The van der Waals surface area contributed by atoms with Gasteiger partial charge < -0.3 is 5.32 Å². The maximum Gasteiger partial charge on any atom is -0.00119 e. The normalized spacial score (nSPS) is 38.0. The van der Waals surface area contributed by atoms with E-state index in [0.29, 0.717) is 5.41 Å². The maximum atomic E-state index is 3.66. The Morgan fingerprint density at radius 2 is 1.95 bits per heavy atom. The van der Waals surface area contributed by atoms with Crippen molar-refractivity contribution < 1.29 is 0 Å². The van der Waals surface area contributed by atoms with E-state index in [-0.39, 0.29) is 0 Å². The quantitative estimate of drug-likeness (QED) is 0.846. The first-order chi connectivity index (χ1) is 9.71. The first kappa shape index (κ1) is 14.1. The topological polar surface area (TPSA) is 12.0 Å². The van der Waals surface area contributed by atoms with E-state index >= 15 is 0 Å². The molecule has 1 saturated carbocycles. The average molecular weight is 271 g/mol. The van der Waals surface area contributed by atoms with Gasteiger partial charge in [0.05, 0.1) is 0 Å². The fraction of sp³-hybridized carbons (Fsp3) is 0.684. The Labute approximate surface area is 124 Å². The lowest BCUT2D eigenvalue weighted by atomic mass is 9.54. The van der Waals surface area contributed by atoms with Gasteiger partial charge in [-0.25, -0.2) is 0 Å². The van der Waals surface area contributed by atoms with Gasteiger partial charge in [0.25, 0.3) is 0 Å². The minimum atomic E-state index is 0.596. The monoisotopic (exact) mass is 271 g/mol. The van der Waals surface area contributed by atoms with Gasteiger partial charge >= 0.3 is 0 Å². The molecule has 1 nitrogen and oxygen atoms in total. The zero-order valence-corrected chi connectivity index (χ0v) is 13.1. The molecule has 0 bridgehead atoms. The Morgan fingerprint density at radius 3 is 2.75 bits per heavy atom. The molecule has 1 aromatic carbocycles. The predicted octanol–water partition coefficient (Wildman–Crippen LogP) is 4.28. The van der Waals surface area contributed by atoms with Crippen molar-refractivity contribution in [3.63, 3.8) is 0 Å². The van der Waals surface area contributed by atoms with Crippen LogP contribution in [-0.2, 0) is 6.42 Å². The molecule has 4 unspecified atom stereocenters. The Balaban J connectivity index is 1.83. The van der Waals surface area contributed by atoms with Crippen LogP contribution in [0.15, 0.2) is 30.3 Å². The molecule has 1 aromatic rings. The number of nitrogens with one attached hydrogen (secondary N) is 1. The Kier molecular flexibility index (Phi) is 4.16. The van der Waals surface area contributed by atoms with Gasteiger partial charge in [0, 0.05) is 0 Å². The van der Waals surface area contributed by atoms with Crippen LogP contribution < -0.4 is 5.32 Å². The van der Waals surface area contributed by atoms with Crippen LogP contribution >= 0.6 is 0 Å². The minimum Gasteiger partial charge on any atom is -0.316 e. The van der Waals surface area contributed by atoms with E-state index in [2.05, 4.69) is 49.5 Å². The summed E-state index contributed by atoms with van der Waals surface area (Å²) in [6.45, 7) is 7.43. The highest BCUT2D eigenvalue weighted by Gasteiger charge is 2.47. The van der Waals surface area contributed by atoms with Gasteiger partial charge in [-0.3, -0.25) is 0 Å². The van der Waals surface area contributed by atoms with Crippen LogP contribution in [0.1, 0.15) is 45.1 Å². The summed E-state index contributed by atoms with van der Waals surface area (Å²) >= 11 is 0. The molecule has 1 heterocycles. The highest BCUT2D eigenvalue weighted by Crippen LogP contribution is 2.52. The standard InChI is InChI=1S/C19H29N/c1-15-8-9-16(2)19(13-15)10-11-20-14-18(19)12-17-6-4-3-5-7-17/h3-7,15-16,18,20H,8-14H2,1-2H3. The average Bonchev–Trinajstić information content (AvgIpc) is 2.47. The van der Waals surface area contributed by atoms with E-state index in [9.17, 15) is 0 Å². The van der Waals surface area contributed by atoms with Gasteiger partial charge in [-0.2, -0.15) is 0 Å². The maximum absolute atomic E-state index is 3.66. The second-order valence-electron chi connectivity index (χ2n) is 7.36. The Morgan fingerprint density at radius 1 is 1.15 bits per heavy atom. The lowest BCUT2D eigenvalue weighted by Crippen LogP contribution is -2.51. The van der Waals surface area contributed by atoms with Crippen LogP contribution in [0, 0.1) is 23.2 Å². The largest absolute Gasteiger partial charge is 0.316 e. The first-order valence-corrected chi connectivity index (χ1v) is 8.45. The van der Waals surface area contributed by atoms with Crippen LogP contribution in [0.25, 0.3) is 0 Å². The van der Waals surface area contributed by atoms with Gasteiger partial charge in [-0.05, 0) is 67.5 Å². The summed E-state index contributed by atoms with van der Waals surface area (Å²) in [5.74, 6) is 2.63. The van der Waals surface area contributed by atoms with Crippen molar-refractivity contribution in [2.24, 2.45) is 23.2 Å². The highest BCUT2D eigenvalue weighted by molar-refractivity contribution is 5.17. The van der Waals surface area contributed by atoms with Crippen LogP contribution in [0.4, 0.5) is 0 Å². The van der Waals surface area contributed by atoms with E-state index in [1.165, 1.54) is 50.8 Å². The molecule has 1 aliphatic carbocycles. The number of piperidine rings is 1. The van der Waals surface area contributed by atoms with Crippen molar-refractivity contribution in [2.45, 2.75) is 46.0 Å². The molecule has 1 heteroatoms. The third-order valence-electron chi connectivity index (χ3n) is 6.10. The summed E-state index contributed by atoms with van der Waals surface area (Å²) in [6, 6.07) is 11.1. The van der Waals surface area contributed by atoms with Gasteiger partial charge in [-0.1, -0.05) is 50.6 Å². The number of hydrogen-bond donors (Lipinski definition) is 1. The molecule has 110 valence electrons. The summed E-state index contributed by atoms with van der Waals surface area (Å²) in [6.07, 6.45) is 6.97. The van der Waals surface area contributed by atoms with E-state index in [1.54, 1.807) is 0 Å². The van der Waals surface area contributed by atoms with Crippen molar-refractivity contribution in [1.29, 1.82) is 0 Å². The van der Waals surface area contributed by atoms with Crippen molar-refractivity contribution in [2.75, 3.05) is 13.1 Å². The molecule has 2 aliphatic rings. The fourth-order valence-electron chi connectivity index (χ4n) is 4.87. The van der Waals surface area contributed by atoms with E-state index < -0.39 is 0 Å². The van der Waals surface area contributed by atoms with Crippen molar-refractivity contribution in [3.05, 3.63) is 35.9 Å². The zero-order valence-electron chi connectivity index (χ0n) is 13.1. The third kappa shape index (κ3) is 2.65. The number of hydrogen-bond acceptors (Lipinski definition) is 1. The van der Waals surface area contributed by atoms with Gasteiger partial charge in [0.15, 0.2) is 0 Å². The lowest BCUT2D eigenvalue weighted by molar-refractivity contribution is -0.0146. The molecule has 1 aliphatic heterocycles. The molecule has 1 spiro atoms. The Bertz CT molecular complexity index is 427. The molecule has 0 radical (unpaired) electrons. The first-order valence-electron chi connectivity index (χ1n) is 8.45. The molecule has 3 rings (SSSR count). The number of benzene rings is 1. The molecule has 0 amide bonds.